The van der Waals surface area contributed by atoms with Gasteiger partial charge in [0.2, 0.25) is 5.91 Å². The number of anilines is 3. The number of hydrogen-bond donors (Lipinski definition) is 4. The van der Waals surface area contributed by atoms with Crippen molar-refractivity contribution in [2.45, 2.75) is 0 Å². The summed E-state index contributed by atoms with van der Waals surface area (Å²) < 4.78 is 0. The van der Waals surface area contributed by atoms with Crippen LogP contribution in [0.15, 0.2) is 60.8 Å². The van der Waals surface area contributed by atoms with Crippen molar-refractivity contribution < 1.29 is 14.4 Å². The Morgan fingerprint density at radius 1 is 0.971 bits per heavy atom. The Bertz CT molecular complexity index is 1220. The van der Waals surface area contributed by atoms with E-state index >= 15 is 0 Å². The van der Waals surface area contributed by atoms with Crippen molar-refractivity contribution in [2.24, 2.45) is 0 Å². The summed E-state index contributed by atoms with van der Waals surface area (Å²) in [6, 6.07) is 11.3. The smallest absolute Gasteiger partial charge is 0.275 e. The van der Waals surface area contributed by atoms with Gasteiger partial charge in [-0.05, 0) is 44.4 Å². The van der Waals surface area contributed by atoms with Gasteiger partial charge in [0.1, 0.15) is 5.69 Å². The number of carbonyl (C=O) groups excluding carboxylic acids is 3. The van der Waals surface area contributed by atoms with Gasteiger partial charge in [0.25, 0.3) is 11.8 Å². The maximum absolute atomic E-state index is 12.8. The van der Waals surface area contributed by atoms with Crippen LogP contribution in [0, 0.1) is 0 Å². The number of aromatic nitrogens is 2. The van der Waals surface area contributed by atoms with Crippen molar-refractivity contribution in [1.82, 2.24) is 15.1 Å². The molecule has 2 aromatic carbocycles. The SMILES string of the molecule is CN(C)CC=CC(=O)Nc1cccc(NC(=O)c2[nH]ncc2NC(=O)c2c(Cl)cccc2Cl)c1. The standard InChI is InChI=1S/C23H22Cl2N6O3/c1-31(2)11-5-10-19(32)27-14-6-3-7-15(12-14)28-23(34)21-18(13-26-30-21)29-22(33)20-16(24)8-4-9-17(20)25/h3-10,12-13H,11H2,1-2H3,(H,26,30)(H,27,32)(H,28,34)(H,29,33). The maximum atomic E-state index is 12.8. The van der Waals surface area contributed by atoms with Crippen molar-refractivity contribution in [3.63, 3.8) is 0 Å². The Morgan fingerprint density at radius 3 is 2.29 bits per heavy atom. The molecule has 0 aliphatic rings. The largest absolute Gasteiger partial charge is 0.322 e. The van der Waals surface area contributed by atoms with Gasteiger partial charge in [-0.3, -0.25) is 19.5 Å². The number of nitrogens with one attached hydrogen (secondary N) is 4. The lowest BCUT2D eigenvalue weighted by Crippen LogP contribution is -2.18. The molecule has 3 rings (SSSR count). The fourth-order valence-electron chi connectivity index (χ4n) is 2.88. The second kappa shape index (κ2) is 11.5. The van der Waals surface area contributed by atoms with Crippen molar-refractivity contribution in [2.75, 3.05) is 36.6 Å². The Morgan fingerprint density at radius 2 is 1.62 bits per heavy atom. The molecule has 0 atom stereocenters. The molecule has 3 aromatic rings. The van der Waals surface area contributed by atoms with Crippen LogP contribution in [0.2, 0.25) is 10.0 Å². The average Bonchev–Trinajstić information content (AvgIpc) is 3.21. The molecule has 0 aliphatic heterocycles. The molecule has 0 spiro atoms. The predicted molar refractivity (Wildman–Crippen MR) is 134 cm³/mol. The highest BCUT2D eigenvalue weighted by Crippen LogP contribution is 2.26. The van der Waals surface area contributed by atoms with E-state index in [4.69, 9.17) is 23.2 Å². The lowest BCUT2D eigenvalue weighted by Gasteiger charge is -2.10. The summed E-state index contributed by atoms with van der Waals surface area (Å²) in [5.41, 5.74) is 1.19. The normalized spacial score (nSPS) is 11.0. The quantitative estimate of drug-likeness (QED) is 0.344. The lowest BCUT2D eigenvalue weighted by atomic mass is 10.2. The molecule has 0 fully saturated rings. The van der Waals surface area contributed by atoms with Crippen LogP contribution in [0.1, 0.15) is 20.8 Å². The van der Waals surface area contributed by atoms with E-state index in [0.717, 1.165) is 0 Å². The Labute approximate surface area is 206 Å². The molecule has 176 valence electrons. The topological polar surface area (TPSA) is 119 Å². The zero-order valence-corrected chi connectivity index (χ0v) is 19.9. The van der Waals surface area contributed by atoms with Crippen LogP contribution < -0.4 is 16.0 Å². The fraction of sp³-hybridized carbons (Fsp3) is 0.130. The number of carbonyl (C=O) groups is 3. The Balaban J connectivity index is 1.68. The molecular weight excluding hydrogens is 479 g/mol. The number of aromatic amines is 1. The molecule has 0 bridgehead atoms. The minimum atomic E-state index is -0.585. The molecule has 0 unspecified atom stereocenters. The van der Waals surface area contributed by atoms with Gasteiger partial charge in [0, 0.05) is 24.0 Å². The summed E-state index contributed by atoms with van der Waals surface area (Å²) in [7, 11) is 3.80. The number of nitrogens with zero attached hydrogens (tertiary/aromatic N) is 2. The van der Waals surface area contributed by atoms with Crippen molar-refractivity contribution in [1.29, 1.82) is 0 Å². The summed E-state index contributed by atoms with van der Waals surface area (Å²) >= 11 is 12.2. The maximum Gasteiger partial charge on any atom is 0.275 e. The van der Waals surface area contributed by atoms with Crippen LogP contribution in [-0.2, 0) is 4.79 Å². The van der Waals surface area contributed by atoms with E-state index in [1.807, 2.05) is 19.0 Å². The van der Waals surface area contributed by atoms with Crippen molar-refractivity contribution in [3.8, 4) is 0 Å². The van der Waals surface area contributed by atoms with Crippen LogP contribution in [0.3, 0.4) is 0 Å². The average molecular weight is 501 g/mol. The van der Waals surface area contributed by atoms with Gasteiger partial charge >= 0.3 is 0 Å². The first-order valence-electron chi connectivity index (χ1n) is 10.1. The van der Waals surface area contributed by atoms with Crippen LogP contribution >= 0.6 is 23.2 Å². The van der Waals surface area contributed by atoms with E-state index < -0.39 is 11.8 Å². The van der Waals surface area contributed by atoms with Crippen molar-refractivity contribution >= 4 is 58.0 Å². The number of rotatable bonds is 8. The zero-order valence-electron chi connectivity index (χ0n) is 18.4. The van der Waals surface area contributed by atoms with Crippen LogP contribution in [0.4, 0.5) is 17.1 Å². The fourth-order valence-corrected chi connectivity index (χ4v) is 3.45. The molecule has 0 saturated carbocycles. The molecule has 9 nitrogen and oxygen atoms in total. The summed E-state index contributed by atoms with van der Waals surface area (Å²) in [6.45, 7) is 0.634. The van der Waals surface area contributed by atoms with Gasteiger partial charge in [-0.25, -0.2) is 0 Å². The van der Waals surface area contributed by atoms with E-state index in [-0.39, 0.29) is 32.9 Å². The van der Waals surface area contributed by atoms with E-state index in [9.17, 15) is 14.4 Å². The number of H-pyrrole nitrogens is 1. The van der Waals surface area contributed by atoms with Gasteiger partial charge in [-0.2, -0.15) is 5.10 Å². The van der Waals surface area contributed by atoms with Gasteiger partial charge in [0.05, 0.1) is 27.5 Å². The first-order valence-corrected chi connectivity index (χ1v) is 10.8. The van der Waals surface area contributed by atoms with E-state index in [1.165, 1.54) is 24.4 Å². The third-order valence-electron chi connectivity index (χ3n) is 4.43. The third kappa shape index (κ3) is 6.67. The van der Waals surface area contributed by atoms with E-state index in [2.05, 4.69) is 26.1 Å². The summed E-state index contributed by atoms with van der Waals surface area (Å²) in [6.07, 6.45) is 4.48. The van der Waals surface area contributed by atoms with Gasteiger partial charge in [-0.15, -0.1) is 0 Å². The van der Waals surface area contributed by atoms with Gasteiger partial charge in [0.15, 0.2) is 0 Å². The highest BCUT2D eigenvalue weighted by molar-refractivity contribution is 6.40. The first kappa shape index (κ1) is 25.0. The van der Waals surface area contributed by atoms with Gasteiger partial charge < -0.3 is 20.9 Å². The minimum absolute atomic E-state index is 0.0255. The highest BCUT2D eigenvalue weighted by atomic mass is 35.5. The molecule has 1 heterocycles. The Hall–Kier alpha value is -3.66. The second-order valence-electron chi connectivity index (χ2n) is 7.40. The monoisotopic (exact) mass is 500 g/mol. The molecule has 34 heavy (non-hydrogen) atoms. The molecule has 0 radical (unpaired) electrons. The van der Waals surface area contributed by atoms with Crippen LogP contribution in [0.25, 0.3) is 0 Å². The highest BCUT2D eigenvalue weighted by Gasteiger charge is 2.20. The molecule has 0 aliphatic carbocycles. The zero-order chi connectivity index (χ0) is 24.7. The number of hydrogen-bond acceptors (Lipinski definition) is 5. The van der Waals surface area contributed by atoms with E-state index in [1.54, 1.807) is 36.4 Å². The summed E-state index contributed by atoms with van der Waals surface area (Å²) in [5.74, 6) is -1.42. The molecular formula is C23H22Cl2N6O3. The summed E-state index contributed by atoms with van der Waals surface area (Å²) in [4.78, 5) is 39.4. The molecule has 4 N–H and O–H groups in total. The number of benzene rings is 2. The molecule has 1 aromatic heterocycles. The molecule has 3 amide bonds. The first-order chi connectivity index (χ1) is 16.2. The Kier molecular flexibility index (Phi) is 8.42. The minimum Gasteiger partial charge on any atom is -0.322 e. The van der Waals surface area contributed by atoms with Crippen LogP contribution in [-0.4, -0.2) is 53.5 Å². The van der Waals surface area contributed by atoms with Gasteiger partial charge in [-0.1, -0.05) is 41.4 Å². The molecule has 11 heteroatoms. The molecule has 0 saturated heterocycles. The van der Waals surface area contributed by atoms with E-state index in [0.29, 0.717) is 17.9 Å². The van der Waals surface area contributed by atoms with Crippen LogP contribution in [0.5, 0.6) is 0 Å². The third-order valence-corrected chi connectivity index (χ3v) is 5.06. The lowest BCUT2D eigenvalue weighted by molar-refractivity contribution is -0.111. The summed E-state index contributed by atoms with van der Waals surface area (Å²) in [5, 5.41) is 14.8. The predicted octanol–water partition coefficient (Wildman–Crippen LogP) is 4.28. The number of halogens is 2. The van der Waals surface area contributed by atoms with Crippen molar-refractivity contribution in [3.05, 3.63) is 82.1 Å². The number of amides is 3. The number of likely N-dealkylation sites (N-methyl/N-ethyl adjacent to an activating group) is 1. The second-order valence-corrected chi connectivity index (χ2v) is 8.21.